The fraction of sp³-hybridized carbons (Fsp3) is 0.600. The van der Waals surface area contributed by atoms with Crippen LogP contribution in [0.25, 0.3) is 0 Å². The van der Waals surface area contributed by atoms with Gasteiger partial charge in [-0.3, -0.25) is 0 Å². The maximum atomic E-state index is 12.7. The zero-order chi connectivity index (χ0) is 15.5. The van der Waals surface area contributed by atoms with Gasteiger partial charge in [-0.25, -0.2) is 12.7 Å². The monoisotopic (exact) mass is 312 g/mol. The van der Waals surface area contributed by atoms with Gasteiger partial charge >= 0.3 is 0 Å². The number of likely N-dealkylation sites (tertiary alicyclic amines) is 1. The first-order valence-electron chi connectivity index (χ1n) is 7.29. The minimum atomic E-state index is -3.53. The fourth-order valence-corrected chi connectivity index (χ4v) is 4.22. The Balaban J connectivity index is 2.11. The van der Waals surface area contributed by atoms with Gasteiger partial charge in [-0.2, -0.15) is 0 Å². The first-order valence-corrected chi connectivity index (χ1v) is 8.73. The van der Waals surface area contributed by atoms with E-state index in [0.717, 1.165) is 25.9 Å². The third kappa shape index (κ3) is 3.83. The molecule has 1 heterocycles. The van der Waals surface area contributed by atoms with Gasteiger partial charge < -0.3 is 10.0 Å². The lowest BCUT2D eigenvalue weighted by atomic mass is 9.97. The van der Waals surface area contributed by atoms with Crippen molar-refractivity contribution in [3.63, 3.8) is 0 Å². The molecule has 0 saturated carbocycles. The summed E-state index contributed by atoms with van der Waals surface area (Å²) in [5.41, 5.74) is 0.452. The third-order valence-corrected chi connectivity index (χ3v) is 6.11. The van der Waals surface area contributed by atoms with Crippen molar-refractivity contribution in [1.82, 2.24) is 9.21 Å². The van der Waals surface area contributed by atoms with E-state index in [1.807, 2.05) is 0 Å². The fourth-order valence-electron chi connectivity index (χ4n) is 2.76. The molecule has 1 aliphatic rings. The van der Waals surface area contributed by atoms with E-state index in [9.17, 15) is 13.5 Å². The van der Waals surface area contributed by atoms with Crippen LogP contribution in [0.15, 0.2) is 29.2 Å². The number of hydrogen-bond donors (Lipinski definition) is 1. The minimum Gasteiger partial charge on any atom is -0.392 e. The number of rotatable bonds is 5. The van der Waals surface area contributed by atoms with Gasteiger partial charge in [-0.1, -0.05) is 18.2 Å². The number of piperidine rings is 1. The van der Waals surface area contributed by atoms with E-state index >= 15 is 0 Å². The lowest BCUT2D eigenvalue weighted by molar-refractivity contribution is 0.202. The predicted octanol–water partition coefficient (Wildman–Crippen LogP) is 1.14. The molecular weight excluding hydrogens is 288 g/mol. The summed E-state index contributed by atoms with van der Waals surface area (Å²) < 4.78 is 26.7. The Hall–Kier alpha value is -0.950. The molecule has 0 aliphatic carbocycles. The highest BCUT2D eigenvalue weighted by atomic mass is 32.2. The van der Waals surface area contributed by atoms with Crippen LogP contribution in [0, 0.1) is 5.92 Å². The van der Waals surface area contributed by atoms with Crippen molar-refractivity contribution >= 4 is 10.0 Å². The number of aliphatic hydroxyl groups is 1. The maximum Gasteiger partial charge on any atom is 0.243 e. The van der Waals surface area contributed by atoms with Crippen molar-refractivity contribution in [3.05, 3.63) is 29.8 Å². The zero-order valence-corrected chi connectivity index (χ0v) is 13.5. The van der Waals surface area contributed by atoms with E-state index in [2.05, 4.69) is 11.9 Å². The Morgan fingerprint density at radius 2 is 1.90 bits per heavy atom. The molecule has 1 aliphatic heterocycles. The van der Waals surface area contributed by atoms with Gasteiger partial charge in [0.1, 0.15) is 0 Å². The van der Waals surface area contributed by atoms with Crippen LogP contribution in [0.4, 0.5) is 0 Å². The van der Waals surface area contributed by atoms with E-state index in [1.54, 1.807) is 31.3 Å². The van der Waals surface area contributed by atoms with E-state index in [-0.39, 0.29) is 11.5 Å². The van der Waals surface area contributed by atoms with Crippen LogP contribution in [0.3, 0.4) is 0 Å². The molecule has 0 bridgehead atoms. The molecule has 6 heteroatoms. The van der Waals surface area contributed by atoms with Crippen LogP contribution in [-0.2, 0) is 16.6 Å². The van der Waals surface area contributed by atoms with Crippen molar-refractivity contribution in [3.8, 4) is 0 Å². The zero-order valence-electron chi connectivity index (χ0n) is 12.7. The third-order valence-electron chi connectivity index (χ3n) is 4.18. The van der Waals surface area contributed by atoms with Gasteiger partial charge in [0.25, 0.3) is 0 Å². The van der Waals surface area contributed by atoms with Crippen LogP contribution in [-0.4, -0.2) is 56.5 Å². The van der Waals surface area contributed by atoms with Gasteiger partial charge in [-0.05, 0) is 50.5 Å². The van der Waals surface area contributed by atoms with E-state index in [4.69, 9.17) is 0 Å². The Morgan fingerprint density at radius 3 is 2.52 bits per heavy atom. The molecule has 0 radical (unpaired) electrons. The molecular formula is C15H24N2O3S. The Morgan fingerprint density at radius 1 is 1.29 bits per heavy atom. The molecule has 0 unspecified atom stereocenters. The van der Waals surface area contributed by atoms with Gasteiger partial charge in [0.05, 0.1) is 11.5 Å². The Kier molecular flexibility index (Phi) is 5.37. The molecule has 1 fully saturated rings. The van der Waals surface area contributed by atoms with E-state index in [1.165, 1.54) is 4.31 Å². The summed E-state index contributed by atoms with van der Waals surface area (Å²) >= 11 is 0. The highest BCUT2D eigenvalue weighted by Crippen LogP contribution is 2.23. The molecule has 0 amide bonds. The lowest BCUT2D eigenvalue weighted by Gasteiger charge is -2.31. The number of aliphatic hydroxyl groups excluding tert-OH is 1. The molecule has 2 rings (SSSR count). The smallest absolute Gasteiger partial charge is 0.243 e. The van der Waals surface area contributed by atoms with Gasteiger partial charge in [0.15, 0.2) is 0 Å². The predicted molar refractivity (Wildman–Crippen MR) is 82.4 cm³/mol. The quantitative estimate of drug-likeness (QED) is 0.886. The second-order valence-corrected chi connectivity index (χ2v) is 7.81. The van der Waals surface area contributed by atoms with Crippen molar-refractivity contribution < 1.29 is 13.5 Å². The highest BCUT2D eigenvalue weighted by Gasteiger charge is 2.27. The second-order valence-electron chi connectivity index (χ2n) is 5.80. The maximum absolute atomic E-state index is 12.7. The summed E-state index contributed by atoms with van der Waals surface area (Å²) in [7, 11) is 0.183. The minimum absolute atomic E-state index is 0.211. The van der Waals surface area contributed by atoms with E-state index in [0.29, 0.717) is 18.0 Å². The molecule has 1 aromatic rings. The summed E-state index contributed by atoms with van der Waals surface area (Å²) in [4.78, 5) is 2.48. The van der Waals surface area contributed by atoms with Gasteiger partial charge in [-0.15, -0.1) is 0 Å². The molecule has 0 aromatic heterocycles. The molecule has 1 aromatic carbocycles. The average Bonchev–Trinajstić information content (AvgIpc) is 2.49. The summed E-state index contributed by atoms with van der Waals surface area (Å²) in [5.74, 6) is 0.405. The van der Waals surface area contributed by atoms with Crippen LogP contribution >= 0.6 is 0 Å². The summed E-state index contributed by atoms with van der Waals surface area (Å²) in [6.45, 7) is 2.31. The number of hydrogen-bond acceptors (Lipinski definition) is 4. The van der Waals surface area contributed by atoms with Crippen molar-refractivity contribution in [2.24, 2.45) is 5.92 Å². The molecule has 1 saturated heterocycles. The summed E-state index contributed by atoms with van der Waals surface area (Å²) in [6.07, 6.45) is 2.05. The number of benzene rings is 1. The largest absolute Gasteiger partial charge is 0.392 e. The second kappa shape index (κ2) is 6.87. The average molecular weight is 312 g/mol. The number of sulfonamides is 1. The SMILES string of the molecule is CN1CCC(CN(C)S(=O)(=O)c2ccccc2CO)CC1. The van der Waals surface area contributed by atoms with Crippen LogP contribution in [0.1, 0.15) is 18.4 Å². The molecule has 5 nitrogen and oxygen atoms in total. The van der Waals surface area contributed by atoms with Crippen LogP contribution < -0.4 is 0 Å². The number of nitrogens with zero attached hydrogens (tertiary/aromatic N) is 2. The standard InChI is InChI=1S/C15H24N2O3S/c1-16-9-7-13(8-10-16)11-17(2)21(19,20)15-6-4-3-5-14(15)12-18/h3-6,13,18H,7-12H2,1-2H3. The molecule has 118 valence electrons. The summed E-state index contributed by atoms with van der Waals surface area (Å²) in [5, 5.41) is 9.33. The van der Waals surface area contributed by atoms with Gasteiger partial charge in [0.2, 0.25) is 10.0 Å². The topological polar surface area (TPSA) is 60.9 Å². The Bertz CT molecular complexity index is 566. The summed E-state index contributed by atoms with van der Waals surface area (Å²) in [6, 6.07) is 6.64. The molecule has 21 heavy (non-hydrogen) atoms. The molecule has 0 atom stereocenters. The van der Waals surface area contributed by atoms with Crippen molar-refractivity contribution in [2.45, 2.75) is 24.3 Å². The van der Waals surface area contributed by atoms with Gasteiger partial charge in [0, 0.05) is 13.6 Å². The Labute approximate surface area is 127 Å². The molecule has 0 spiro atoms. The molecule has 1 N–H and O–H groups in total. The van der Waals surface area contributed by atoms with Crippen molar-refractivity contribution in [2.75, 3.05) is 33.7 Å². The van der Waals surface area contributed by atoms with Crippen molar-refractivity contribution in [1.29, 1.82) is 0 Å². The normalized spacial score (nSPS) is 18.3. The first kappa shape index (κ1) is 16.4. The highest BCUT2D eigenvalue weighted by molar-refractivity contribution is 7.89. The first-order chi connectivity index (χ1) is 9.95. The van der Waals surface area contributed by atoms with Crippen LogP contribution in [0.5, 0.6) is 0 Å². The lowest BCUT2D eigenvalue weighted by Crippen LogP contribution is -2.38. The van der Waals surface area contributed by atoms with Crippen LogP contribution in [0.2, 0.25) is 0 Å². The van der Waals surface area contributed by atoms with E-state index < -0.39 is 10.0 Å².